The van der Waals surface area contributed by atoms with E-state index in [1.165, 1.54) is 26.5 Å². The Labute approximate surface area is 392 Å². The summed E-state index contributed by atoms with van der Waals surface area (Å²) in [6, 6.07) is 13.2. The number of ether oxygens (including phenoxy) is 3. The number of carbonyl (C=O) groups is 3. The van der Waals surface area contributed by atoms with Gasteiger partial charge in [0.05, 0.1) is 73.3 Å². The van der Waals surface area contributed by atoms with Crippen molar-refractivity contribution in [3.05, 3.63) is 107 Å². The quantitative estimate of drug-likeness (QED) is 0.0519. The lowest BCUT2D eigenvalue weighted by molar-refractivity contribution is -0.132. The van der Waals surface area contributed by atoms with Gasteiger partial charge < -0.3 is 29.7 Å². The lowest BCUT2D eigenvalue weighted by Gasteiger charge is -2.28. The standard InChI is InChI=1S/C27H28F3N3O5.C22H20F3N3O3/c1-17-13-19(8-9-20(17)24(35)37-5)22-15-31-23-21(14-18(7-6-12-34)16-33(22)23)32(11-10-27(28,29)30)25(36)38-26(2,3)4;1-14-10-16(5-6-17(14)21(30)31-2)19-12-27-20-18(26-8-7-22(23,24)25)11-15(4-3-9-29)13-28(19)20/h8-9,13-16,34H,10-12H2,1-5H3;5-6,10-13,26,29H,7-9H2,1-2H3. The van der Waals surface area contributed by atoms with Gasteiger partial charge in [-0.3, -0.25) is 13.7 Å². The molecule has 0 saturated carbocycles. The molecule has 0 radical (unpaired) electrons. The van der Waals surface area contributed by atoms with Gasteiger partial charge in [0.2, 0.25) is 0 Å². The number of fused-ring (bicyclic) bond motifs is 2. The minimum absolute atomic E-state index is 0.0578. The number of rotatable bonds is 10. The SMILES string of the molecule is COC(=O)c1ccc(-c2cnc3c(N(CCC(F)(F)F)C(=O)OC(C)(C)C)cc(C#CCO)cn23)cc1C.COC(=O)c1ccc(-c2cnc3c(NCCC(F)(F)F)cc(C#CCO)cn23)cc1C. The van der Waals surface area contributed by atoms with Gasteiger partial charge in [0.15, 0.2) is 11.3 Å². The van der Waals surface area contributed by atoms with Crippen molar-refractivity contribution in [1.82, 2.24) is 18.8 Å². The third-order valence-electron chi connectivity index (χ3n) is 9.92. The van der Waals surface area contributed by atoms with E-state index in [9.17, 15) is 45.8 Å². The Morgan fingerprint density at radius 1 is 0.710 bits per heavy atom. The van der Waals surface area contributed by atoms with Crippen molar-refractivity contribution in [3.8, 4) is 46.2 Å². The van der Waals surface area contributed by atoms with Gasteiger partial charge in [-0.1, -0.05) is 35.8 Å². The maximum Gasteiger partial charge on any atom is 0.414 e. The van der Waals surface area contributed by atoms with E-state index in [0.29, 0.717) is 61.7 Å². The zero-order chi connectivity index (χ0) is 50.8. The summed E-state index contributed by atoms with van der Waals surface area (Å²) in [5.41, 5.74) is 5.71. The van der Waals surface area contributed by atoms with Crippen LogP contribution in [0.4, 0.5) is 42.5 Å². The minimum Gasteiger partial charge on any atom is -0.465 e. The number of alkyl halides is 6. The third-order valence-corrected chi connectivity index (χ3v) is 9.92. The van der Waals surface area contributed by atoms with Gasteiger partial charge in [0.1, 0.15) is 18.8 Å². The Kier molecular flexibility index (Phi) is 16.7. The molecule has 0 aliphatic carbocycles. The van der Waals surface area contributed by atoms with E-state index in [4.69, 9.17) is 19.3 Å². The molecule has 0 bridgehead atoms. The summed E-state index contributed by atoms with van der Waals surface area (Å²) in [7, 11) is 2.59. The van der Waals surface area contributed by atoms with Gasteiger partial charge in [0, 0.05) is 47.7 Å². The molecule has 2 aromatic carbocycles. The van der Waals surface area contributed by atoms with Crippen molar-refractivity contribution < 1.29 is 65.1 Å². The lowest BCUT2D eigenvalue weighted by Crippen LogP contribution is -2.39. The van der Waals surface area contributed by atoms with E-state index in [1.54, 1.807) is 104 Å². The molecule has 0 aliphatic rings. The molecule has 14 nitrogen and oxygen atoms in total. The number of nitrogens with one attached hydrogen (secondary N) is 1. The van der Waals surface area contributed by atoms with Crippen molar-refractivity contribution in [2.24, 2.45) is 0 Å². The number of esters is 2. The Balaban J connectivity index is 0.000000263. The van der Waals surface area contributed by atoms with Crippen LogP contribution in [-0.4, -0.2) is 105 Å². The first-order chi connectivity index (χ1) is 32.5. The maximum atomic E-state index is 13.2. The molecule has 0 spiro atoms. The second kappa shape index (κ2) is 22.0. The van der Waals surface area contributed by atoms with Gasteiger partial charge in [-0.05, 0) is 82.1 Å². The molecule has 364 valence electrons. The number of carbonyl (C=O) groups excluding carboxylic acids is 3. The number of hydrogen-bond acceptors (Lipinski definition) is 11. The predicted molar refractivity (Wildman–Crippen MR) is 245 cm³/mol. The van der Waals surface area contributed by atoms with Crippen molar-refractivity contribution in [2.45, 2.75) is 65.4 Å². The molecule has 20 heteroatoms. The second-order valence-corrected chi connectivity index (χ2v) is 16.2. The number of benzene rings is 2. The highest BCUT2D eigenvalue weighted by Crippen LogP contribution is 2.33. The van der Waals surface area contributed by atoms with Gasteiger partial charge in [-0.15, -0.1) is 0 Å². The Bertz CT molecular complexity index is 2980. The lowest BCUT2D eigenvalue weighted by atomic mass is 10.0. The molecule has 0 fully saturated rings. The van der Waals surface area contributed by atoms with Crippen LogP contribution in [0, 0.1) is 37.5 Å². The summed E-state index contributed by atoms with van der Waals surface area (Å²) < 4.78 is 95.5. The summed E-state index contributed by atoms with van der Waals surface area (Å²) in [6.07, 6.45) is -5.64. The minimum atomic E-state index is -4.52. The molecule has 0 aliphatic heterocycles. The highest BCUT2D eigenvalue weighted by atomic mass is 19.4. The van der Waals surface area contributed by atoms with E-state index < -0.39 is 62.0 Å². The first-order valence-electron chi connectivity index (χ1n) is 21.0. The number of nitrogens with zero attached hydrogens (tertiary/aromatic N) is 5. The van der Waals surface area contributed by atoms with Crippen LogP contribution in [0.25, 0.3) is 33.8 Å². The first kappa shape index (κ1) is 52.4. The van der Waals surface area contributed by atoms with Crippen molar-refractivity contribution in [3.63, 3.8) is 0 Å². The fraction of sp³-hybridized carbons (Fsp3) is 0.327. The van der Waals surface area contributed by atoms with Gasteiger partial charge >= 0.3 is 30.4 Å². The smallest absolute Gasteiger partial charge is 0.414 e. The van der Waals surface area contributed by atoms with E-state index >= 15 is 0 Å². The van der Waals surface area contributed by atoms with Crippen LogP contribution in [0.3, 0.4) is 0 Å². The van der Waals surface area contributed by atoms with Crippen LogP contribution in [-0.2, 0) is 14.2 Å². The molecule has 4 aromatic heterocycles. The third kappa shape index (κ3) is 13.8. The zero-order valence-corrected chi connectivity index (χ0v) is 38.5. The number of methoxy groups -OCH3 is 2. The van der Waals surface area contributed by atoms with Gasteiger partial charge in [-0.2, -0.15) is 26.3 Å². The summed E-state index contributed by atoms with van der Waals surface area (Å²) in [6.45, 7) is 6.54. The largest absolute Gasteiger partial charge is 0.465 e. The van der Waals surface area contributed by atoms with Crippen molar-refractivity contribution in [1.29, 1.82) is 0 Å². The number of aromatic nitrogens is 4. The number of halogens is 6. The van der Waals surface area contributed by atoms with E-state index in [1.807, 2.05) is 0 Å². The normalized spacial score (nSPS) is 11.4. The molecule has 4 heterocycles. The average Bonchev–Trinajstić information content (AvgIpc) is 3.91. The summed E-state index contributed by atoms with van der Waals surface area (Å²) in [5, 5.41) is 20.9. The van der Waals surface area contributed by atoms with Crippen LogP contribution in [0.1, 0.15) is 76.6 Å². The van der Waals surface area contributed by atoms with E-state index in [0.717, 1.165) is 10.5 Å². The molecule has 0 saturated heterocycles. The molecule has 6 rings (SSSR count). The fourth-order valence-electron chi connectivity index (χ4n) is 6.86. The molecule has 1 amide bonds. The van der Waals surface area contributed by atoms with Crippen molar-refractivity contribution >= 4 is 40.7 Å². The number of pyridine rings is 2. The van der Waals surface area contributed by atoms with E-state index in [-0.39, 0.29) is 24.5 Å². The Hall–Kier alpha value is -7.55. The predicted octanol–water partition coefficient (Wildman–Crippen LogP) is 8.94. The highest BCUT2D eigenvalue weighted by Gasteiger charge is 2.33. The zero-order valence-electron chi connectivity index (χ0n) is 38.5. The number of anilines is 2. The topological polar surface area (TPSA) is 169 Å². The Morgan fingerprint density at radius 3 is 1.64 bits per heavy atom. The molecule has 6 aromatic rings. The molecular formula is C49H48F6N6O8. The first-order valence-corrected chi connectivity index (χ1v) is 21.0. The number of hydrogen-bond donors (Lipinski definition) is 3. The molecule has 3 N–H and O–H groups in total. The van der Waals surface area contributed by atoms with Crippen LogP contribution in [0.5, 0.6) is 0 Å². The molecular weight excluding hydrogens is 915 g/mol. The number of aliphatic hydroxyl groups excluding tert-OH is 2. The second-order valence-electron chi connectivity index (χ2n) is 16.2. The molecule has 0 atom stereocenters. The average molecular weight is 963 g/mol. The Morgan fingerprint density at radius 2 is 1.19 bits per heavy atom. The van der Waals surface area contributed by atoms with Crippen molar-refractivity contribution in [2.75, 3.05) is 50.7 Å². The summed E-state index contributed by atoms with van der Waals surface area (Å²) in [4.78, 5) is 46.6. The summed E-state index contributed by atoms with van der Waals surface area (Å²) in [5.74, 6) is 9.63. The fourth-order valence-corrected chi connectivity index (χ4v) is 6.86. The molecule has 0 unspecified atom stereocenters. The number of aliphatic hydroxyl groups is 2. The maximum absolute atomic E-state index is 13.2. The van der Waals surface area contributed by atoms with Crippen LogP contribution in [0.15, 0.2) is 73.3 Å². The van der Waals surface area contributed by atoms with Crippen LogP contribution < -0.4 is 10.2 Å². The van der Waals surface area contributed by atoms with Gasteiger partial charge in [0.25, 0.3) is 0 Å². The number of imidazole rings is 2. The van der Waals surface area contributed by atoms with E-state index in [2.05, 4.69) is 39.0 Å². The monoisotopic (exact) mass is 962 g/mol. The van der Waals surface area contributed by atoms with Crippen LogP contribution in [0.2, 0.25) is 0 Å². The summed E-state index contributed by atoms with van der Waals surface area (Å²) >= 11 is 0. The number of aryl methyl sites for hydroxylation is 2. The number of amides is 1. The highest BCUT2D eigenvalue weighted by molar-refractivity contribution is 5.94. The van der Waals surface area contributed by atoms with Gasteiger partial charge in [-0.25, -0.2) is 24.4 Å². The van der Waals surface area contributed by atoms with Crippen LogP contribution >= 0.6 is 0 Å². The molecule has 69 heavy (non-hydrogen) atoms.